The van der Waals surface area contributed by atoms with Gasteiger partial charge in [0.05, 0.1) is 12.4 Å². The maximum atomic E-state index is 10.8. The van der Waals surface area contributed by atoms with E-state index >= 15 is 0 Å². The van der Waals surface area contributed by atoms with Crippen LogP contribution in [0.3, 0.4) is 0 Å². The van der Waals surface area contributed by atoms with Crippen molar-refractivity contribution < 1.29 is 17.7 Å². The lowest BCUT2D eigenvalue weighted by atomic mass is 9.44. The Labute approximate surface area is 191 Å². The highest BCUT2D eigenvalue weighted by Crippen LogP contribution is 2.68. The molecule has 0 bridgehead atoms. The quantitative estimate of drug-likeness (QED) is 0.342. The lowest BCUT2D eigenvalue weighted by Gasteiger charge is -2.61. The van der Waals surface area contributed by atoms with E-state index in [2.05, 4.69) is 20.8 Å². The molecule has 31 heavy (non-hydrogen) atoms. The smallest absolute Gasteiger partial charge is 0.267 e. The summed E-state index contributed by atoms with van der Waals surface area (Å²) in [5, 5.41) is 0. The van der Waals surface area contributed by atoms with E-state index in [0.717, 1.165) is 42.4 Å². The van der Waals surface area contributed by atoms with Crippen LogP contribution in [0.15, 0.2) is 0 Å². The van der Waals surface area contributed by atoms with Crippen molar-refractivity contribution in [3.05, 3.63) is 0 Å². The zero-order valence-electron chi connectivity index (χ0n) is 20.2. The summed E-state index contributed by atoms with van der Waals surface area (Å²) < 4.78 is 35.8. The molecule has 0 aliphatic heterocycles. The number of ether oxygens (including phenoxy) is 1. The molecule has 8 atom stereocenters. The second kappa shape index (κ2) is 9.25. The third-order valence-electron chi connectivity index (χ3n) is 10.8. The topological polar surface area (TPSA) is 63.6 Å². The first kappa shape index (κ1) is 24.0. The fourth-order valence-electron chi connectivity index (χ4n) is 9.25. The molecule has 4 saturated carbocycles. The highest BCUT2D eigenvalue weighted by molar-refractivity contribution is 7.85. The second-order valence-corrected chi connectivity index (χ2v) is 13.7. The predicted octanol–water partition coefficient (Wildman–Crippen LogP) is 6.36. The number of hydrogen-bond acceptors (Lipinski definition) is 3. The van der Waals surface area contributed by atoms with Crippen LogP contribution < -0.4 is 0 Å². The molecule has 0 spiro atoms. The molecule has 4 fully saturated rings. The lowest BCUT2D eigenvalue weighted by molar-refractivity contribution is -0.114. The van der Waals surface area contributed by atoms with Crippen molar-refractivity contribution in [2.75, 3.05) is 19.0 Å². The van der Waals surface area contributed by atoms with Crippen LogP contribution in [0.2, 0.25) is 0 Å². The summed E-state index contributed by atoms with van der Waals surface area (Å²) >= 11 is 0. The van der Waals surface area contributed by atoms with Gasteiger partial charge in [0.15, 0.2) is 0 Å². The first-order valence-electron chi connectivity index (χ1n) is 13.2. The molecule has 0 radical (unpaired) electrons. The zero-order chi connectivity index (χ0) is 22.3. The van der Waals surface area contributed by atoms with Crippen molar-refractivity contribution in [2.45, 2.75) is 97.8 Å². The Bertz CT molecular complexity index is 721. The van der Waals surface area contributed by atoms with Crippen LogP contribution in [-0.2, 0) is 14.9 Å². The number of rotatable bonds is 8. The maximum absolute atomic E-state index is 10.8. The third kappa shape index (κ3) is 4.75. The predicted molar refractivity (Wildman–Crippen MR) is 125 cm³/mol. The van der Waals surface area contributed by atoms with Crippen LogP contribution in [0.5, 0.6) is 0 Å². The maximum Gasteiger partial charge on any atom is 0.267 e. The van der Waals surface area contributed by atoms with E-state index in [1.54, 1.807) is 0 Å². The Hall–Kier alpha value is -0.130. The van der Waals surface area contributed by atoms with Crippen LogP contribution in [0.1, 0.15) is 97.8 Å². The van der Waals surface area contributed by atoms with Gasteiger partial charge in [-0.05, 0) is 111 Å². The second-order valence-electron chi connectivity index (χ2n) is 12.1. The van der Waals surface area contributed by atoms with Gasteiger partial charge in [-0.25, -0.2) is 0 Å². The summed E-state index contributed by atoms with van der Waals surface area (Å²) in [7, 11) is -3.91. The van der Waals surface area contributed by atoms with Gasteiger partial charge in [-0.15, -0.1) is 0 Å². The van der Waals surface area contributed by atoms with Crippen molar-refractivity contribution >= 4 is 10.1 Å². The number of hydrogen-bond donors (Lipinski definition) is 1. The molecule has 1 N–H and O–H groups in total. The fourth-order valence-corrected chi connectivity index (χ4v) is 9.57. The summed E-state index contributed by atoms with van der Waals surface area (Å²) in [6.07, 6.45) is 16.8. The van der Waals surface area contributed by atoms with E-state index in [1.807, 2.05) is 0 Å². The van der Waals surface area contributed by atoms with Crippen LogP contribution in [-0.4, -0.2) is 31.9 Å². The zero-order valence-corrected chi connectivity index (χ0v) is 21.0. The van der Waals surface area contributed by atoms with Gasteiger partial charge in [-0.1, -0.05) is 33.6 Å². The summed E-state index contributed by atoms with van der Waals surface area (Å²) in [6, 6.07) is 0. The Kier molecular flexibility index (Phi) is 7.17. The van der Waals surface area contributed by atoms with Gasteiger partial charge in [-0.3, -0.25) is 4.55 Å². The van der Waals surface area contributed by atoms with Crippen LogP contribution in [0.25, 0.3) is 0 Å². The normalized spacial score (nSPS) is 43.7. The van der Waals surface area contributed by atoms with Gasteiger partial charge in [0, 0.05) is 6.61 Å². The van der Waals surface area contributed by atoms with E-state index in [-0.39, 0.29) is 12.4 Å². The monoisotopic (exact) mass is 454 g/mol. The Morgan fingerprint density at radius 2 is 1.71 bits per heavy atom. The van der Waals surface area contributed by atoms with E-state index in [0.29, 0.717) is 23.4 Å². The van der Waals surface area contributed by atoms with E-state index < -0.39 is 10.1 Å². The van der Waals surface area contributed by atoms with Crippen molar-refractivity contribution in [1.29, 1.82) is 0 Å². The van der Waals surface area contributed by atoms with Gasteiger partial charge < -0.3 is 4.74 Å². The number of fused-ring (bicyclic) bond motifs is 5. The molecule has 4 aliphatic rings. The van der Waals surface area contributed by atoms with Gasteiger partial charge in [0.2, 0.25) is 0 Å². The largest absolute Gasteiger partial charge is 0.380 e. The molecule has 4 rings (SSSR count). The van der Waals surface area contributed by atoms with Crippen LogP contribution in [0, 0.1) is 46.3 Å². The van der Waals surface area contributed by atoms with Gasteiger partial charge in [0.25, 0.3) is 10.1 Å². The lowest BCUT2D eigenvalue weighted by Crippen LogP contribution is -2.53. The molecular formula is C26H46O4S. The molecule has 0 aromatic carbocycles. The Morgan fingerprint density at radius 1 is 0.935 bits per heavy atom. The molecule has 180 valence electrons. The van der Waals surface area contributed by atoms with Crippen molar-refractivity contribution in [1.82, 2.24) is 0 Å². The Morgan fingerprint density at radius 3 is 2.48 bits per heavy atom. The summed E-state index contributed by atoms with van der Waals surface area (Å²) in [6.45, 7) is 8.45. The first-order valence-corrected chi connectivity index (χ1v) is 14.8. The minimum atomic E-state index is -3.91. The standard InChI is InChI=1S/C26H46O4S/c1-19(7-6-16-30-17-18-31(27,28)29)22-11-12-23-21-10-9-20-8-4-5-14-25(20,2)24(21)13-15-26(22,23)3/h19-24H,4-18H2,1-3H3,(H,27,28,29). The summed E-state index contributed by atoms with van der Waals surface area (Å²) in [5.74, 6) is 5.13. The molecule has 0 heterocycles. The molecule has 4 aliphatic carbocycles. The molecule has 0 aromatic rings. The van der Waals surface area contributed by atoms with Crippen molar-refractivity contribution in [2.24, 2.45) is 46.3 Å². The van der Waals surface area contributed by atoms with Gasteiger partial charge >= 0.3 is 0 Å². The average molecular weight is 455 g/mol. The fraction of sp³-hybridized carbons (Fsp3) is 1.00. The SMILES string of the molecule is CC(CCCOCCS(=O)(=O)O)C1CCC2C3CCC4CCCCC4(C)C3CCC12C. The average Bonchev–Trinajstić information content (AvgIpc) is 3.06. The van der Waals surface area contributed by atoms with Gasteiger partial charge in [-0.2, -0.15) is 8.42 Å². The summed E-state index contributed by atoms with van der Waals surface area (Å²) in [4.78, 5) is 0. The molecular weight excluding hydrogens is 408 g/mol. The first-order chi connectivity index (χ1) is 14.7. The third-order valence-corrected chi connectivity index (χ3v) is 11.5. The molecule has 0 aromatic heterocycles. The molecule has 5 heteroatoms. The highest BCUT2D eigenvalue weighted by atomic mass is 32.2. The van der Waals surface area contributed by atoms with Crippen LogP contribution >= 0.6 is 0 Å². The molecule has 8 unspecified atom stereocenters. The minimum absolute atomic E-state index is 0.0965. The van der Waals surface area contributed by atoms with Crippen molar-refractivity contribution in [3.8, 4) is 0 Å². The van der Waals surface area contributed by atoms with Crippen LogP contribution in [0.4, 0.5) is 0 Å². The molecule has 0 saturated heterocycles. The van der Waals surface area contributed by atoms with Crippen molar-refractivity contribution in [3.63, 3.8) is 0 Å². The Balaban J connectivity index is 1.32. The molecule has 4 nitrogen and oxygen atoms in total. The van der Waals surface area contributed by atoms with E-state index in [1.165, 1.54) is 64.2 Å². The summed E-state index contributed by atoms with van der Waals surface area (Å²) in [5.41, 5.74) is 1.15. The highest BCUT2D eigenvalue weighted by Gasteiger charge is 2.59. The van der Waals surface area contributed by atoms with E-state index in [4.69, 9.17) is 9.29 Å². The minimum Gasteiger partial charge on any atom is -0.380 e. The van der Waals surface area contributed by atoms with E-state index in [9.17, 15) is 8.42 Å². The molecule has 0 amide bonds. The van der Waals surface area contributed by atoms with Gasteiger partial charge in [0.1, 0.15) is 0 Å².